The summed E-state index contributed by atoms with van der Waals surface area (Å²) in [5.41, 5.74) is 2.25. The molecule has 0 spiro atoms. The quantitative estimate of drug-likeness (QED) is 0.564. The highest BCUT2D eigenvalue weighted by Crippen LogP contribution is 2.41. The van der Waals surface area contributed by atoms with Gasteiger partial charge in [-0.1, -0.05) is 48.2 Å². The molecule has 2 aliphatic rings. The third-order valence-corrected chi connectivity index (χ3v) is 6.95. The molecule has 0 saturated carbocycles. The molecule has 3 rings (SSSR count). The zero-order chi connectivity index (χ0) is 21.2. The highest BCUT2D eigenvalue weighted by atomic mass is 35.5. The maximum Gasteiger partial charge on any atom is 0.251 e. The predicted molar refractivity (Wildman–Crippen MR) is 119 cm³/mol. The summed E-state index contributed by atoms with van der Waals surface area (Å²) in [7, 11) is 0. The zero-order valence-electron chi connectivity index (χ0n) is 17.6. The van der Waals surface area contributed by atoms with Crippen LogP contribution in [0.15, 0.2) is 29.3 Å². The van der Waals surface area contributed by atoms with Crippen molar-refractivity contribution in [2.45, 2.75) is 58.5 Å². The van der Waals surface area contributed by atoms with Crippen molar-refractivity contribution in [2.75, 3.05) is 26.2 Å². The van der Waals surface area contributed by atoms with Crippen molar-refractivity contribution in [3.63, 3.8) is 0 Å². The molecular weight excluding hydrogens is 410 g/mol. The fraction of sp³-hybridized carbons (Fsp3) is 0.609. The summed E-state index contributed by atoms with van der Waals surface area (Å²) in [5, 5.41) is 3.50. The van der Waals surface area contributed by atoms with Gasteiger partial charge < -0.3 is 5.32 Å². The number of halogens is 3. The molecule has 1 aliphatic carbocycles. The van der Waals surface area contributed by atoms with E-state index in [4.69, 9.17) is 23.2 Å². The van der Waals surface area contributed by atoms with Crippen LogP contribution < -0.4 is 5.32 Å². The Balaban J connectivity index is 1.53. The van der Waals surface area contributed by atoms with Crippen molar-refractivity contribution in [3.8, 4) is 0 Å². The fourth-order valence-corrected chi connectivity index (χ4v) is 5.09. The second kappa shape index (κ2) is 8.95. The lowest BCUT2D eigenvalue weighted by Crippen LogP contribution is -2.49. The second-order valence-electron chi connectivity index (χ2n) is 9.26. The van der Waals surface area contributed by atoms with Gasteiger partial charge in [-0.25, -0.2) is 4.39 Å². The normalized spacial score (nSPS) is 21.9. The van der Waals surface area contributed by atoms with Gasteiger partial charge in [-0.15, -0.1) is 0 Å². The molecule has 1 N–H and O–H groups in total. The molecule has 160 valence electrons. The van der Waals surface area contributed by atoms with E-state index in [1.54, 1.807) is 6.07 Å². The Morgan fingerprint density at radius 2 is 1.76 bits per heavy atom. The summed E-state index contributed by atoms with van der Waals surface area (Å²) in [6.45, 7) is 9.26. The average Bonchev–Trinajstić information content (AvgIpc) is 2.63. The van der Waals surface area contributed by atoms with Crippen LogP contribution in [0.3, 0.4) is 0 Å². The molecule has 1 aromatic carbocycles. The highest BCUT2D eigenvalue weighted by molar-refractivity contribution is 6.35. The molecule has 1 fully saturated rings. The van der Waals surface area contributed by atoms with Crippen molar-refractivity contribution in [2.24, 2.45) is 5.41 Å². The number of benzene rings is 1. The van der Waals surface area contributed by atoms with Gasteiger partial charge in [-0.2, -0.15) is 0 Å². The molecule has 1 aliphatic heterocycles. The number of allylic oxidation sites excluding steroid dienone is 1. The van der Waals surface area contributed by atoms with Crippen molar-refractivity contribution >= 4 is 29.1 Å². The highest BCUT2D eigenvalue weighted by Gasteiger charge is 2.37. The maximum atomic E-state index is 15.3. The fourth-order valence-electron chi connectivity index (χ4n) is 4.56. The van der Waals surface area contributed by atoms with Crippen LogP contribution in [-0.4, -0.2) is 42.7 Å². The minimum Gasteiger partial charge on any atom is -0.349 e. The molecule has 0 radical (unpaired) electrons. The Morgan fingerprint density at radius 3 is 2.34 bits per heavy atom. The molecule has 3 nitrogen and oxygen atoms in total. The van der Waals surface area contributed by atoms with E-state index in [9.17, 15) is 4.79 Å². The lowest BCUT2D eigenvalue weighted by molar-refractivity contribution is 0.0556. The Labute approximate surface area is 183 Å². The number of hydrogen-bond acceptors (Lipinski definition) is 2. The molecule has 1 amide bonds. The monoisotopic (exact) mass is 440 g/mol. The lowest BCUT2D eigenvalue weighted by atomic mass is 9.72. The van der Waals surface area contributed by atoms with Gasteiger partial charge in [-0.05, 0) is 62.6 Å². The van der Waals surface area contributed by atoms with Gasteiger partial charge in [0.1, 0.15) is 5.67 Å². The summed E-state index contributed by atoms with van der Waals surface area (Å²) in [6.07, 6.45) is 4.51. The first-order chi connectivity index (χ1) is 13.6. The number of alkyl halides is 1. The largest absolute Gasteiger partial charge is 0.349 e. The van der Waals surface area contributed by atoms with Gasteiger partial charge in [0.2, 0.25) is 0 Å². The average molecular weight is 441 g/mol. The van der Waals surface area contributed by atoms with Gasteiger partial charge in [0.15, 0.2) is 0 Å². The minimum absolute atomic E-state index is 0.0109. The Bertz CT molecular complexity index is 778. The number of piperidine rings is 1. The topological polar surface area (TPSA) is 32.3 Å². The third-order valence-electron chi connectivity index (χ3n) is 6.51. The minimum atomic E-state index is -1.37. The number of carbonyl (C=O) groups is 1. The standard InChI is InChI=1S/C23H31Cl2FN2O/c1-16-5-4-6-22(2,3)20(16)14-28-9-7-23(26,8-10-28)15-27-21(29)17-11-18(24)13-19(25)12-17/h11-13H,4-10,14-15H2,1-3H3,(H,27,29). The molecule has 29 heavy (non-hydrogen) atoms. The number of carbonyl (C=O) groups excluding carboxylic acids is 1. The number of rotatable bonds is 5. The van der Waals surface area contributed by atoms with Crippen molar-refractivity contribution in [3.05, 3.63) is 45.0 Å². The molecule has 1 heterocycles. The van der Waals surface area contributed by atoms with Gasteiger partial charge >= 0.3 is 0 Å². The Morgan fingerprint density at radius 1 is 1.14 bits per heavy atom. The Kier molecular flexibility index (Phi) is 6.97. The smallest absolute Gasteiger partial charge is 0.251 e. The van der Waals surface area contributed by atoms with Crippen molar-refractivity contribution in [1.29, 1.82) is 0 Å². The van der Waals surface area contributed by atoms with E-state index in [0.717, 1.165) is 6.54 Å². The first-order valence-electron chi connectivity index (χ1n) is 10.4. The molecule has 6 heteroatoms. The van der Waals surface area contributed by atoms with Crippen molar-refractivity contribution < 1.29 is 9.18 Å². The van der Waals surface area contributed by atoms with Crippen LogP contribution in [0.4, 0.5) is 4.39 Å². The summed E-state index contributed by atoms with van der Waals surface area (Å²) in [4.78, 5) is 14.7. The number of nitrogens with zero attached hydrogens (tertiary/aromatic N) is 1. The second-order valence-corrected chi connectivity index (χ2v) is 10.1. The van der Waals surface area contributed by atoms with Crippen LogP contribution in [0.25, 0.3) is 0 Å². The van der Waals surface area contributed by atoms with E-state index in [0.29, 0.717) is 41.5 Å². The summed E-state index contributed by atoms with van der Waals surface area (Å²) < 4.78 is 15.3. The summed E-state index contributed by atoms with van der Waals surface area (Å²) >= 11 is 11.9. The van der Waals surface area contributed by atoms with E-state index < -0.39 is 5.67 Å². The number of nitrogens with one attached hydrogen (secondary N) is 1. The summed E-state index contributed by atoms with van der Waals surface area (Å²) in [5.74, 6) is -0.349. The van der Waals surface area contributed by atoms with Crippen molar-refractivity contribution in [1.82, 2.24) is 10.2 Å². The zero-order valence-corrected chi connectivity index (χ0v) is 19.1. The molecule has 0 unspecified atom stereocenters. The van der Waals surface area contributed by atoms with E-state index in [1.165, 1.54) is 42.5 Å². The molecule has 0 aromatic heterocycles. The number of likely N-dealkylation sites (tertiary alicyclic amines) is 1. The van der Waals surface area contributed by atoms with Crippen LogP contribution >= 0.6 is 23.2 Å². The van der Waals surface area contributed by atoms with Gasteiger partial charge in [0, 0.05) is 35.2 Å². The molecule has 1 saturated heterocycles. The van der Waals surface area contributed by atoms with Gasteiger partial charge in [0.05, 0.1) is 6.54 Å². The molecular formula is C23H31Cl2FN2O. The third kappa shape index (κ3) is 5.74. The summed E-state index contributed by atoms with van der Waals surface area (Å²) in [6, 6.07) is 4.65. The van der Waals surface area contributed by atoms with E-state index in [2.05, 4.69) is 31.0 Å². The maximum absolute atomic E-state index is 15.3. The van der Waals surface area contributed by atoms with E-state index >= 15 is 4.39 Å². The first kappa shape index (κ1) is 22.6. The molecule has 0 bridgehead atoms. The van der Waals surface area contributed by atoms with Crippen LogP contribution in [0.1, 0.15) is 63.2 Å². The SMILES string of the molecule is CC1=C(CN2CCC(F)(CNC(=O)c3cc(Cl)cc(Cl)c3)CC2)C(C)(C)CCC1. The predicted octanol–water partition coefficient (Wildman–Crippen LogP) is 6.05. The van der Waals surface area contributed by atoms with E-state index in [1.807, 2.05) is 0 Å². The van der Waals surface area contributed by atoms with Gasteiger partial charge in [-0.3, -0.25) is 9.69 Å². The van der Waals surface area contributed by atoms with Gasteiger partial charge in [0.25, 0.3) is 5.91 Å². The molecule has 0 atom stereocenters. The lowest BCUT2D eigenvalue weighted by Gasteiger charge is -2.41. The van der Waals surface area contributed by atoms with Crippen LogP contribution in [-0.2, 0) is 0 Å². The molecule has 1 aromatic rings. The van der Waals surface area contributed by atoms with Crippen LogP contribution in [0, 0.1) is 5.41 Å². The first-order valence-corrected chi connectivity index (χ1v) is 11.2. The Hall–Kier alpha value is -1.10. The number of amides is 1. The van der Waals surface area contributed by atoms with Crippen LogP contribution in [0.5, 0.6) is 0 Å². The number of hydrogen-bond donors (Lipinski definition) is 1. The van der Waals surface area contributed by atoms with Crippen LogP contribution in [0.2, 0.25) is 10.0 Å². The van der Waals surface area contributed by atoms with E-state index in [-0.39, 0.29) is 17.9 Å².